The number of hydrogen-bond donors (Lipinski definition) is 0. The highest BCUT2D eigenvalue weighted by atomic mass is 35.5. The normalized spacial score (nSPS) is 11.2. The van der Waals surface area contributed by atoms with E-state index in [1.807, 2.05) is 6.07 Å². The number of hydrogen-bond acceptors (Lipinski definition) is 1. The van der Waals surface area contributed by atoms with Gasteiger partial charge in [-0.05, 0) is 30.3 Å². The predicted molar refractivity (Wildman–Crippen MR) is 76.3 cm³/mol. The van der Waals surface area contributed by atoms with Crippen LogP contribution in [-0.4, -0.2) is 0 Å². The first kappa shape index (κ1) is 14.5. The first-order chi connectivity index (χ1) is 9.52. The lowest BCUT2D eigenvalue weighted by Crippen LogP contribution is -1.90. The van der Waals surface area contributed by atoms with Gasteiger partial charge in [0.25, 0.3) is 0 Å². The number of halogens is 4. The average Bonchev–Trinajstić information content (AvgIpc) is 2.41. The fourth-order valence-corrected chi connectivity index (χ4v) is 2.01. The molecule has 2 rings (SSSR count). The fraction of sp³-hybridized carbons (Fsp3) is 0. The molecule has 2 aromatic rings. The molecule has 0 aliphatic rings. The summed E-state index contributed by atoms with van der Waals surface area (Å²) in [4.78, 5) is 0. The van der Waals surface area contributed by atoms with Gasteiger partial charge in [0.15, 0.2) is 0 Å². The Kier molecular flexibility index (Phi) is 4.39. The Balaban J connectivity index is 2.55. The van der Waals surface area contributed by atoms with E-state index in [1.165, 1.54) is 30.3 Å². The van der Waals surface area contributed by atoms with Crippen molar-refractivity contribution in [3.8, 4) is 6.07 Å². The van der Waals surface area contributed by atoms with Crippen LogP contribution in [-0.2, 0) is 0 Å². The monoisotopic (exact) mass is 309 g/mol. The molecular weight excluding hydrogens is 303 g/mol. The van der Waals surface area contributed by atoms with E-state index in [0.29, 0.717) is 0 Å². The van der Waals surface area contributed by atoms with Gasteiger partial charge >= 0.3 is 0 Å². The second kappa shape index (κ2) is 6.04. The van der Waals surface area contributed by atoms with E-state index in [0.717, 1.165) is 6.07 Å². The van der Waals surface area contributed by atoms with E-state index in [1.54, 1.807) is 6.07 Å². The first-order valence-electron chi connectivity index (χ1n) is 5.54. The van der Waals surface area contributed by atoms with Crippen molar-refractivity contribution in [2.45, 2.75) is 0 Å². The third-order valence-electron chi connectivity index (χ3n) is 2.62. The van der Waals surface area contributed by atoms with Crippen LogP contribution < -0.4 is 0 Å². The molecule has 0 N–H and O–H groups in total. The Morgan fingerprint density at radius 3 is 2.55 bits per heavy atom. The minimum atomic E-state index is -0.656. The summed E-state index contributed by atoms with van der Waals surface area (Å²) < 4.78 is 27.6. The van der Waals surface area contributed by atoms with Gasteiger partial charge in [-0.2, -0.15) is 5.26 Å². The van der Waals surface area contributed by atoms with Gasteiger partial charge < -0.3 is 0 Å². The van der Waals surface area contributed by atoms with Crippen LogP contribution in [0.4, 0.5) is 8.78 Å². The van der Waals surface area contributed by atoms with Gasteiger partial charge in [0.2, 0.25) is 0 Å². The maximum atomic E-state index is 13.8. The minimum Gasteiger partial charge on any atom is -0.206 e. The molecule has 0 heterocycles. The summed E-state index contributed by atoms with van der Waals surface area (Å²) in [7, 11) is 0. The van der Waals surface area contributed by atoms with Crippen LogP contribution in [0.5, 0.6) is 0 Å². The van der Waals surface area contributed by atoms with E-state index >= 15 is 0 Å². The molecule has 2 aromatic carbocycles. The summed E-state index contributed by atoms with van der Waals surface area (Å²) in [6.07, 6.45) is 1.24. The van der Waals surface area contributed by atoms with E-state index in [2.05, 4.69) is 0 Å². The second-order valence-corrected chi connectivity index (χ2v) is 4.78. The molecule has 0 fully saturated rings. The summed E-state index contributed by atoms with van der Waals surface area (Å²) >= 11 is 11.3. The lowest BCUT2D eigenvalue weighted by molar-refractivity contribution is 0.623. The van der Waals surface area contributed by atoms with Crippen LogP contribution in [0.15, 0.2) is 36.4 Å². The standard InChI is InChI=1S/C15H7Cl2F2N/c16-11-4-5-12(14(18)7-11)10(8-20)6-9-2-1-3-13(17)15(9)19/h1-7H. The lowest BCUT2D eigenvalue weighted by Gasteiger charge is -2.04. The molecule has 0 bridgehead atoms. The third kappa shape index (κ3) is 2.98. The van der Waals surface area contributed by atoms with Gasteiger partial charge in [-0.15, -0.1) is 0 Å². The molecule has 1 nitrogen and oxygen atoms in total. The van der Waals surface area contributed by atoms with Crippen molar-refractivity contribution < 1.29 is 8.78 Å². The van der Waals surface area contributed by atoms with Crippen molar-refractivity contribution in [2.75, 3.05) is 0 Å². The number of nitriles is 1. The summed E-state index contributed by atoms with van der Waals surface area (Å²) in [6.45, 7) is 0. The van der Waals surface area contributed by atoms with Crippen molar-refractivity contribution in [3.63, 3.8) is 0 Å². The Morgan fingerprint density at radius 2 is 1.90 bits per heavy atom. The van der Waals surface area contributed by atoms with Crippen LogP contribution >= 0.6 is 23.2 Å². The molecule has 5 heteroatoms. The zero-order chi connectivity index (χ0) is 14.7. The molecule has 0 saturated carbocycles. The van der Waals surface area contributed by atoms with Gasteiger partial charge in [-0.3, -0.25) is 0 Å². The van der Waals surface area contributed by atoms with E-state index in [4.69, 9.17) is 28.5 Å². The summed E-state index contributed by atoms with van der Waals surface area (Å²) in [6, 6.07) is 10.2. The summed E-state index contributed by atoms with van der Waals surface area (Å²) in [5.41, 5.74) is 0.153. The molecule has 0 saturated heterocycles. The van der Waals surface area contributed by atoms with Crippen molar-refractivity contribution >= 4 is 34.9 Å². The number of rotatable bonds is 2. The fourth-order valence-electron chi connectivity index (χ4n) is 1.67. The molecule has 0 aliphatic carbocycles. The molecule has 100 valence electrons. The topological polar surface area (TPSA) is 23.8 Å². The van der Waals surface area contributed by atoms with Crippen LogP contribution in [0.2, 0.25) is 10.0 Å². The molecule has 20 heavy (non-hydrogen) atoms. The highest BCUT2D eigenvalue weighted by Crippen LogP contribution is 2.26. The molecule has 0 unspecified atom stereocenters. The van der Waals surface area contributed by atoms with Crippen LogP contribution in [0.3, 0.4) is 0 Å². The van der Waals surface area contributed by atoms with Gasteiger partial charge in [0, 0.05) is 16.1 Å². The van der Waals surface area contributed by atoms with Gasteiger partial charge in [-0.25, -0.2) is 8.78 Å². The maximum Gasteiger partial charge on any atom is 0.149 e. The molecule has 0 amide bonds. The van der Waals surface area contributed by atoms with Crippen LogP contribution in [0, 0.1) is 23.0 Å². The Bertz CT molecular complexity index is 733. The smallest absolute Gasteiger partial charge is 0.149 e. The maximum absolute atomic E-state index is 13.8. The van der Waals surface area contributed by atoms with E-state index in [9.17, 15) is 8.78 Å². The molecule has 0 aromatic heterocycles. The molecular formula is C15H7Cl2F2N. The highest BCUT2D eigenvalue weighted by Gasteiger charge is 2.11. The van der Waals surface area contributed by atoms with Crippen LogP contribution in [0.1, 0.15) is 11.1 Å². The number of allylic oxidation sites excluding steroid dienone is 1. The largest absolute Gasteiger partial charge is 0.206 e. The lowest BCUT2D eigenvalue weighted by atomic mass is 10.0. The molecule has 0 radical (unpaired) electrons. The van der Waals surface area contributed by atoms with Gasteiger partial charge in [0.1, 0.15) is 11.6 Å². The van der Waals surface area contributed by atoms with Crippen molar-refractivity contribution in [2.24, 2.45) is 0 Å². The minimum absolute atomic E-state index is 0.0136. The van der Waals surface area contributed by atoms with Gasteiger partial charge in [0.05, 0.1) is 16.7 Å². The van der Waals surface area contributed by atoms with E-state index < -0.39 is 11.6 Å². The zero-order valence-corrected chi connectivity index (χ0v) is 11.5. The first-order valence-corrected chi connectivity index (χ1v) is 6.29. The SMILES string of the molecule is N#CC(=Cc1cccc(Cl)c1F)c1ccc(Cl)cc1F. The van der Waals surface area contributed by atoms with Crippen molar-refractivity contribution in [1.29, 1.82) is 5.26 Å². The van der Waals surface area contributed by atoms with Gasteiger partial charge in [-0.1, -0.05) is 35.3 Å². The molecule has 0 atom stereocenters. The van der Waals surface area contributed by atoms with Crippen molar-refractivity contribution in [1.82, 2.24) is 0 Å². The second-order valence-electron chi connectivity index (χ2n) is 3.94. The van der Waals surface area contributed by atoms with E-state index in [-0.39, 0.29) is 26.7 Å². The Hall–Kier alpha value is -1.89. The quantitative estimate of drug-likeness (QED) is 0.543. The number of benzene rings is 2. The highest BCUT2D eigenvalue weighted by molar-refractivity contribution is 6.31. The molecule has 0 aliphatic heterocycles. The third-order valence-corrected chi connectivity index (χ3v) is 3.15. The molecule has 0 spiro atoms. The summed E-state index contributed by atoms with van der Waals surface area (Å²) in [5.74, 6) is -1.30. The average molecular weight is 310 g/mol. The Morgan fingerprint density at radius 1 is 1.15 bits per heavy atom. The summed E-state index contributed by atoms with van der Waals surface area (Å²) in [5, 5.41) is 9.28. The Labute approximate surface area is 124 Å². The van der Waals surface area contributed by atoms with Crippen molar-refractivity contribution in [3.05, 3.63) is 69.2 Å². The van der Waals surface area contributed by atoms with Crippen LogP contribution in [0.25, 0.3) is 11.6 Å². The number of nitrogens with zero attached hydrogens (tertiary/aromatic N) is 1. The zero-order valence-electron chi connectivity index (χ0n) is 10.0. The predicted octanol–water partition coefficient (Wildman–Crippen LogP) is 5.34.